The molecular formula is C21H23N5O. The number of nitrogens with two attached hydrogens (primary N) is 1. The summed E-state index contributed by atoms with van der Waals surface area (Å²) in [5.74, 6) is 0.235. The normalized spacial score (nSPS) is 11.6. The van der Waals surface area contributed by atoms with Crippen LogP contribution in [0, 0.1) is 0 Å². The summed E-state index contributed by atoms with van der Waals surface area (Å²) in [5.41, 5.74) is 8.63. The molecule has 2 aromatic carbocycles. The molecule has 0 aliphatic rings. The Morgan fingerprint density at radius 3 is 2.41 bits per heavy atom. The van der Waals surface area contributed by atoms with E-state index in [1.54, 1.807) is 6.20 Å². The van der Waals surface area contributed by atoms with Gasteiger partial charge in [-0.25, -0.2) is 9.97 Å². The predicted molar refractivity (Wildman–Crippen MR) is 108 cm³/mol. The van der Waals surface area contributed by atoms with Crippen LogP contribution in [0.4, 0.5) is 11.6 Å². The number of hydrogen-bond donors (Lipinski definition) is 3. The number of nitrogens with zero attached hydrogens (tertiary/aromatic N) is 2. The molecule has 1 amide bonds. The molecule has 0 radical (unpaired) electrons. The Morgan fingerprint density at radius 2 is 1.74 bits per heavy atom. The molecule has 0 aliphatic carbocycles. The maximum Gasteiger partial charge on any atom is 0.259 e. The van der Waals surface area contributed by atoms with Crippen LogP contribution >= 0.6 is 0 Å². The fourth-order valence-electron chi connectivity index (χ4n) is 2.74. The van der Waals surface area contributed by atoms with Gasteiger partial charge in [0.15, 0.2) is 0 Å². The summed E-state index contributed by atoms with van der Waals surface area (Å²) < 4.78 is 0. The molecule has 6 nitrogen and oxygen atoms in total. The Balaban J connectivity index is 1.79. The number of rotatable bonds is 7. The first-order chi connectivity index (χ1) is 13.2. The summed E-state index contributed by atoms with van der Waals surface area (Å²) in [6.45, 7) is 2.44. The van der Waals surface area contributed by atoms with E-state index >= 15 is 0 Å². The minimum Gasteiger partial charge on any atom is -0.348 e. The van der Waals surface area contributed by atoms with Gasteiger partial charge in [-0.15, -0.1) is 0 Å². The van der Waals surface area contributed by atoms with Gasteiger partial charge in [0.2, 0.25) is 5.95 Å². The summed E-state index contributed by atoms with van der Waals surface area (Å²) in [7, 11) is 0. The van der Waals surface area contributed by atoms with Crippen LogP contribution in [0.25, 0.3) is 0 Å². The minimum absolute atomic E-state index is 0.0425. The molecule has 0 spiro atoms. The van der Waals surface area contributed by atoms with E-state index in [0.717, 1.165) is 11.3 Å². The number of benzene rings is 2. The molecule has 4 N–H and O–H groups in total. The van der Waals surface area contributed by atoms with Gasteiger partial charge in [0.1, 0.15) is 0 Å². The molecule has 6 heteroatoms. The second kappa shape index (κ2) is 8.91. The highest BCUT2D eigenvalue weighted by molar-refractivity contribution is 6.04. The lowest BCUT2D eigenvalue weighted by molar-refractivity contribution is 0.102. The minimum atomic E-state index is -0.243. The summed E-state index contributed by atoms with van der Waals surface area (Å²) in [5, 5.41) is 6.14. The van der Waals surface area contributed by atoms with E-state index in [-0.39, 0.29) is 11.9 Å². The Bertz CT molecular complexity index is 884. The van der Waals surface area contributed by atoms with Crippen molar-refractivity contribution in [2.45, 2.75) is 19.4 Å². The van der Waals surface area contributed by atoms with Gasteiger partial charge in [0.25, 0.3) is 5.91 Å². The van der Waals surface area contributed by atoms with E-state index < -0.39 is 0 Å². The number of hydrogen-bond acceptors (Lipinski definition) is 5. The molecule has 3 aromatic rings. The Morgan fingerprint density at radius 1 is 1.07 bits per heavy atom. The third-order valence-electron chi connectivity index (χ3n) is 4.17. The molecule has 27 heavy (non-hydrogen) atoms. The first-order valence-electron chi connectivity index (χ1n) is 8.91. The highest BCUT2D eigenvalue weighted by Crippen LogP contribution is 2.18. The highest BCUT2D eigenvalue weighted by Gasteiger charge is 2.16. The summed E-state index contributed by atoms with van der Waals surface area (Å²) in [4.78, 5) is 21.5. The van der Waals surface area contributed by atoms with Crippen molar-refractivity contribution >= 4 is 17.5 Å². The van der Waals surface area contributed by atoms with E-state index in [1.165, 1.54) is 0 Å². The SMILES string of the molecule is C[C@H](Nc1ncc(C(=O)Nc2ccccc2)c(CCN)n1)c1ccccc1. The first kappa shape index (κ1) is 18.5. The van der Waals surface area contributed by atoms with Crippen molar-refractivity contribution in [3.05, 3.63) is 83.7 Å². The van der Waals surface area contributed by atoms with Gasteiger partial charge in [0.05, 0.1) is 17.3 Å². The quantitative estimate of drug-likeness (QED) is 0.600. The Labute approximate surface area is 158 Å². The van der Waals surface area contributed by atoms with Crippen LogP contribution in [-0.4, -0.2) is 22.4 Å². The van der Waals surface area contributed by atoms with E-state index in [2.05, 4.69) is 20.6 Å². The van der Waals surface area contributed by atoms with Crippen LogP contribution < -0.4 is 16.4 Å². The molecule has 0 fully saturated rings. The number of anilines is 2. The summed E-state index contributed by atoms with van der Waals surface area (Å²) in [6.07, 6.45) is 2.05. The molecule has 3 rings (SSSR count). The fraction of sp³-hybridized carbons (Fsp3) is 0.190. The number of carbonyl (C=O) groups is 1. The van der Waals surface area contributed by atoms with Crippen molar-refractivity contribution in [3.63, 3.8) is 0 Å². The number of amides is 1. The second-order valence-electron chi connectivity index (χ2n) is 6.19. The van der Waals surface area contributed by atoms with Gasteiger partial charge < -0.3 is 16.4 Å². The lowest BCUT2D eigenvalue weighted by Crippen LogP contribution is -2.19. The van der Waals surface area contributed by atoms with Crippen molar-refractivity contribution in [3.8, 4) is 0 Å². The molecule has 0 bridgehead atoms. The zero-order valence-electron chi connectivity index (χ0n) is 15.2. The smallest absolute Gasteiger partial charge is 0.259 e. The van der Waals surface area contributed by atoms with Gasteiger partial charge in [-0.2, -0.15) is 0 Å². The zero-order valence-corrected chi connectivity index (χ0v) is 15.2. The van der Waals surface area contributed by atoms with E-state index in [4.69, 9.17) is 5.73 Å². The number of nitrogens with one attached hydrogen (secondary N) is 2. The molecule has 0 saturated heterocycles. The largest absolute Gasteiger partial charge is 0.348 e. The van der Waals surface area contributed by atoms with Gasteiger partial charge in [-0.3, -0.25) is 4.79 Å². The average Bonchev–Trinajstić information content (AvgIpc) is 2.70. The summed E-state index contributed by atoms with van der Waals surface area (Å²) in [6, 6.07) is 19.4. The molecule has 1 heterocycles. The van der Waals surface area contributed by atoms with Crippen LogP contribution in [0.3, 0.4) is 0 Å². The first-order valence-corrected chi connectivity index (χ1v) is 8.91. The number of aromatic nitrogens is 2. The third-order valence-corrected chi connectivity index (χ3v) is 4.17. The molecule has 1 aromatic heterocycles. The topological polar surface area (TPSA) is 92.9 Å². The maximum absolute atomic E-state index is 12.6. The lowest BCUT2D eigenvalue weighted by atomic mass is 10.1. The van der Waals surface area contributed by atoms with Gasteiger partial charge in [-0.05, 0) is 31.2 Å². The number of carbonyl (C=O) groups excluding carboxylic acids is 1. The zero-order chi connectivity index (χ0) is 19.1. The standard InChI is InChI=1S/C21H23N5O/c1-15(16-8-4-2-5-9-16)24-21-23-14-18(19(26-21)12-13-22)20(27)25-17-10-6-3-7-11-17/h2-11,14-15H,12-13,22H2,1H3,(H,25,27)(H,23,24,26)/t15-/m0/s1. The monoisotopic (exact) mass is 361 g/mol. The molecule has 0 aliphatic heterocycles. The van der Waals surface area contributed by atoms with Crippen LogP contribution in [-0.2, 0) is 6.42 Å². The highest BCUT2D eigenvalue weighted by atomic mass is 16.1. The average molecular weight is 361 g/mol. The van der Waals surface area contributed by atoms with E-state index in [1.807, 2.05) is 67.6 Å². The van der Waals surface area contributed by atoms with Crippen LogP contribution in [0.1, 0.15) is 34.6 Å². The predicted octanol–water partition coefficient (Wildman–Crippen LogP) is 3.40. The molecule has 0 saturated carbocycles. The second-order valence-corrected chi connectivity index (χ2v) is 6.19. The summed E-state index contributed by atoms with van der Waals surface area (Å²) >= 11 is 0. The van der Waals surface area contributed by atoms with Crippen molar-refractivity contribution in [1.82, 2.24) is 9.97 Å². The van der Waals surface area contributed by atoms with Crippen molar-refractivity contribution < 1.29 is 4.79 Å². The maximum atomic E-state index is 12.6. The van der Waals surface area contributed by atoms with E-state index in [9.17, 15) is 4.79 Å². The molecule has 1 atom stereocenters. The van der Waals surface area contributed by atoms with Crippen LogP contribution in [0.5, 0.6) is 0 Å². The van der Waals surface area contributed by atoms with Gasteiger partial charge in [0, 0.05) is 18.3 Å². The van der Waals surface area contributed by atoms with Crippen molar-refractivity contribution in [2.75, 3.05) is 17.2 Å². The van der Waals surface area contributed by atoms with Crippen molar-refractivity contribution in [2.24, 2.45) is 5.73 Å². The van der Waals surface area contributed by atoms with E-state index in [0.29, 0.717) is 30.2 Å². The molecule has 0 unspecified atom stereocenters. The molecule has 138 valence electrons. The lowest BCUT2D eigenvalue weighted by Gasteiger charge is -2.16. The Hall–Kier alpha value is -3.25. The number of para-hydroxylation sites is 1. The molecular weight excluding hydrogens is 338 g/mol. The van der Waals surface area contributed by atoms with Crippen LogP contribution in [0.2, 0.25) is 0 Å². The van der Waals surface area contributed by atoms with Gasteiger partial charge in [-0.1, -0.05) is 48.5 Å². The Kier molecular flexibility index (Phi) is 6.12. The van der Waals surface area contributed by atoms with Crippen LogP contribution in [0.15, 0.2) is 66.9 Å². The third kappa shape index (κ3) is 4.89. The van der Waals surface area contributed by atoms with Gasteiger partial charge >= 0.3 is 0 Å². The fourth-order valence-corrected chi connectivity index (χ4v) is 2.74. The van der Waals surface area contributed by atoms with Crippen molar-refractivity contribution in [1.29, 1.82) is 0 Å².